The molecular formula is C96H142BrN11O26. The molecule has 38 heteroatoms. The summed E-state index contributed by atoms with van der Waals surface area (Å²) < 4.78 is 55.9. The minimum absolute atomic E-state index is 0.0591. The molecule has 9 amide bonds. The monoisotopic (exact) mass is 1940 g/mol. The van der Waals surface area contributed by atoms with Crippen LogP contribution in [-0.4, -0.2) is 218 Å². The second-order valence-corrected chi connectivity index (χ2v) is 37.6. The second-order valence-electron chi connectivity index (χ2n) is 36.3. The molecule has 744 valence electrons. The number of nitrogens with two attached hydrogens (primary N) is 2. The molecule has 0 bridgehead atoms. The van der Waals surface area contributed by atoms with E-state index in [0.717, 1.165) is 35.5 Å². The lowest BCUT2D eigenvalue weighted by molar-refractivity contribution is -0.187. The molecule has 0 spiro atoms. The molecule has 0 radical (unpaired) electrons. The Labute approximate surface area is 794 Å². The van der Waals surface area contributed by atoms with Crippen molar-refractivity contribution in [1.82, 2.24) is 41.7 Å². The summed E-state index contributed by atoms with van der Waals surface area (Å²) in [6.45, 7) is 49.2. The van der Waals surface area contributed by atoms with Crippen molar-refractivity contribution in [3.63, 3.8) is 0 Å². The van der Waals surface area contributed by atoms with Crippen LogP contribution in [0.15, 0.2) is 108 Å². The average Bonchev–Trinajstić information content (AvgIpc) is 1.61. The molecule has 15 atom stereocenters. The van der Waals surface area contributed by atoms with Crippen LogP contribution in [-0.2, 0) is 90.5 Å². The molecule has 0 aromatic heterocycles. The Morgan fingerprint density at radius 1 is 0.478 bits per heavy atom. The van der Waals surface area contributed by atoms with Gasteiger partial charge >= 0.3 is 48.0 Å². The number of ether oxygens (including phenoxy) is 10. The first-order chi connectivity index (χ1) is 62.4. The van der Waals surface area contributed by atoms with Crippen LogP contribution in [0.5, 0.6) is 0 Å². The number of carbonyl (C=O) groups is 15. The molecule has 5 unspecified atom stereocenters. The van der Waals surface area contributed by atoms with Gasteiger partial charge in [0.25, 0.3) is 23.6 Å². The Balaban J connectivity index is 0.000000392. The maximum absolute atomic E-state index is 13.6. The van der Waals surface area contributed by atoms with Crippen molar-refractivity contribution in [2.75, 3.05) is 0 Å². The topological polar surface area (TPSA) is 523 Å². The number of fused-ring (bicyclic) bond motifs is 2. The predicted octanol–water partition coefficient (Wildman–Crippen LogP) is 12.0. The summed E-state index contributed by atoms with van der Waals surface area (Å²) in [6.07, 6.45) is 3.72. The van der Waals surface area contributed by atoms with Crippen LogP contribution in [0.2, 0.25) is 0 Å². The Morgan fingerprint density at radius 3 is 1.13 bits per heavy atom. The van der Waals surface area contributed by atoms with Gasteiger partial charge in [-0.05, 0) is 194 Å². The molecule has 5 aliphatic rings. The van der Waals surface area contributed by atoms with E-state index in [4.69, 9.17) is 64.2 Å². The number of nitrogens with one attached hydrogen (secondary N) is 7. The van der Waals surface area contributed by atoms with Crippen molar-refractivity contribution in [2.24, 2.45) is 41.1 Å². The number of carboxylic acid groups (broad SMARTS) is 1. The predicted molar refractivity (Wildman–Crippen MR) is 500 cm³/mol. The lowest BCUT2D eigenvalue weighted by Gasteiger charge is -2.39. The smallest absolute Gasteiger partial charge is 0.413 e. The average molecular weight is 1950 g/mol. The second kappa shape index (κ2) is 53.2. The Bertz CT molecular complexity index is 4540. The van der Waals surface area contributed by atoms with Crippen LogP contribution < -0.4 is 43.4 Å². The Hall–Kier alpha value is -11.2. The van der Waals surface area contributed by atoms with Gasteiger partial charge in [0, 0.05) is 69.9 Å². The van der Waals surface area contributed by atoms with Crippen LogP contribution in [0.25, 0.3) is 0 Å². The quantitative estimate of drug-likeness (QED) is 0.00565. The van der Waals surface area contributed by atoms with Gasteiger partial charge in [0.2, 0.25) is 30.3 Å². The van der Waals surface area contributed by atoms with E-state index in [9.17, 15) is 77.0 Å². The molecule has 2 aromatic rings. The number of hydrogen-bond acceptors (Lipinski definition) is 28. The van der Waals surface area contributed by atoms with Crippen molar-refractivity contribution in [3.8, 4) is 0 Å². The first-order valence-corrected chi connectivity index (χ1v) is 46.3. The molecule has 0 saturated carbocycles. The number of benzene rings is 2. The minimum Gasteiger partial charge on any atom is -0.478 e. The number of amidine groups is 1. The van der Waals surface area contributed by atoms with Crippen molar-refractivity contribution in [1.29, 1.82) is 5.41 Å². The number of allylic oxidation sites excluding steroid dienone is 1. The summed E-state index contributed by atoms with van der Waals surface area (Å²) >= 11 is 3.13. The van der Waals surface area contributed by atoms with Crippen LogP contribution in [0.1, 0.15) is 278 Å². The lowest BCUT2D eigenvalue weighted by Crippen LogP contribution is -2.59. The number of imide groups is 2. The van der Waals surface area contributed by atoms with E-state index in [1.54, 1.807) is 145 Å². The minimum atomic E-state index is -1.39. The fourth-order valence-electron chi connectivity index (χ4n) is 15.4. The fraction of sp³-hybridized carbons (Fsp3) is 0.604. The van der Waals surface area contributed by atoms with E-state index in [1.165, 1.54) is 46.8 Å². The van der Waals surface area contributed by atoms with Gasteiger partial charge in [-0.3, -0.25) is 64.2 Å². The number of halogens is 1. The molecule has 0 saturated heterocycles. The van der Waals surface area contributed by atoms with Gasteiger partial charge in [-0.2, -0.15) is 0 Å². The van der Waals surface area contributed by atoms with Crippen molar-refractivity contribution in [2.45, 2.75) is 345 Å². The van der Waals surface area contributed by atoms with E-state index in [0.29, 0.717) is 35.2 Å². The van der Waals surface area contributed by atoms with Crippen molar-refractivity contribution in [3.05, 3.63) is 130 Å². The Morgan fingerprint density at radius 2 is 0.806 bits per heavy atom. The van der Waals surface area contributed by atoms with E-state index < -0.39 is 173 Å². The standard InChI is InChI=1S/C37H51N3O10.C23H40N4O6.C21H35N3O6.C15H16BrNO4/c1-11-26(12-2)49-29-19-25(18-24(30(29)39-22(6)41)17-21(5)38-36(46)50-37(8,9)10)34(44)47-23(7)48-35(45)31(20(3)4)40-32(42)27-15-13-14-16-28(27)33(40)43;1-7-17(8-2)33-18-10-16(9-15(11-19(24)25)21(18)27-13(5)28)22(29)31-14(6)32-23(30)20(26)12(3)4;1-8-15(9-2)29-17-11-14(19(26)27)10-16(18(17)24-13(4)25)22-12(3)23-20(28)30-21(5,6)7;1-8(2)12(15(20)21-9(3)16)17-13(18)10-6-4-5-7-11(10)14(17)19/h13-16,19-20,23-24,26,29-31H,5,11-12,17-18H2,1-4,6-10H3,(H,38,46)(H,39,41);10,12,14-15,17-18,20-21H,7-9,11,26H2,1-6H3,(H3,24,25)(H,27,28);11,15-18,22H,3,8-10H2,1-2,4-7H3,(H,23,28)(H,24,25)(H,26,27);4-9,12H,1-3H3/t23?,24-,29+,30+,31?;14?,15-,18-,20?,21-;16-,17+,18+;9?,12-/m0101/s1. The molecule has 7 rings (SSSR count). The summed E-state index contributed by atoms with van der Waals surface area (Å²) in [7, 11) is 0. The number of hydrogen-bond donors (Lipinski definition) is 10. The number of esters is 5. The maximum atomic E-state index is 13.6. The van der Waals surface area contributed by atoms with Gasteiger partial charge in [0.05, 0.1) is 88.9 Å². The van der Waals surface area contributed by atoms with Gasteiger partial charge in [-0.25, -0.2) is 33.6 Å². The number of aliphatic carboxylic acids is 1. The molecule has 3 aliphatic carbocycles. The van der Waals surface area contributed by atoms with E-state index in [-0.39, 0.29) is 120 Å². The third kappa shape index (κ3) is 35.6. The van der Waals surface area contributed by atoms with Crippen LogP contribution in [0, 0.1) is 35.0 Å². The van der Waals surface area contributed by atoms with Crippen molar-refractivity contribution < 1.29 is 124 Å². The number of alkyl carbamates (subject to hydrolysis) is 2. The normalized spacial score (nSPS) is 20.4. The molecule has 2 aliphatic heterocycles. The Kier molecular flexibility index (Phi) is 45.7. The number of nitrogens with zero attached hydrogens (tertiary/aromatic N) is 2. The van der Waals surface area contributed by atoms with Crippen LogP contribution >= 0.6 is 15.9 Å². The van der Waals surface area contributed by atoms with Crippen molar-refractivity contribution >= 4 is 111 Å². The molecule has 2 heterocycles. The number of rotatable bonds is 39. The van der Waals surface area contributed by atoms with Gasteiger partial charge < -0.3 is 85.2 Å². The summed E-state index contributed by atoms with van der Waals surface area (Å²) in [5.74, 6) is -9.22. The highest BCUT2D eigenvalue weighted by molar-refractivity contribution is 9.09. The summed E-state index contributed by atoms with van der Waals surface area (Å²) in [5.41, 5.74) is 12.1. The fourth-order valence-corrected chi connectivity index (χ4v) is 15.5. The maximum Gasteiger partial charge on any atom is 0.413 e. The first kappa shape index (κ1) is 115. The molecular weight excluding hydrogens is 1800 g/mol. The SMILES string of the molecule is C=C(C[C@H]1CC(C(=O)OC(C)OC(=O)C(C(C)C)N2C(=O)c3ccccc3C2=O)=C[C@@H](OC(CC)CC)[C@@H]1NC(C)=O)NC(=O)OC(C)(C)C.C=C(NC(=O)OC(C)(C)C)N[C@H]1CC(C(=O)O)=C[C@@H](OC(CC)CC)[C@@H]1NC(C)=O.CC(Br)OC(=O)[C@@H](C(C)C)N1C(=O)c2ccccc2C1=O.CCC(CC)O[C@@H]1C=C(C(=O)OC(C)OC(=O)C(N)C(C)C)C[C@H](CC(=N)N)[C@H]1NC(C)=O. The number of carboxylic acids is 1. The van der Waals surface area contributed by atoms with E-state index >= 15 is 0 Å². The highest BCUT2D eigenvalue weighted by Crippen LogP contribution is 2.37. The molecule has 134 heavy (non-hydrogen) atoms. The third-order valence-electron chi connectivity index (χ3n) is 21.7. The molecule has 2 aromatic carbocycles. The van der Waals surface area contributed by atoms with Crippen LogP contribution in [0.3, 0.4) is 0 Å². The van der Waals surface area contributed by atoms with Gasteiger partial charge in [-0.1, -0.05) is 121 Å². The molecule has 0 fully saturated rings. The summed E-state index contributed by atoms with van der Waals surface area (Å²) in [4.78, 5) is 189. The zero-order chi connectivity index (χ0) is 102. The van der Waals surface area contributed by atoms with Gasteiger partial charge in [-0.15, -0.1) is 0 Å². The summed E-state index contributed by atoms with van der Waals surface area (Å²) in [5, 5.41) is 33.6. The number of alkyl halides is 1. The number of carbonyl (C=O) groups excluding carboxylic acids is 14. The summed E-state index contributed by atoms with van der Waals surface area (Å²) in [6, 6.07) is 7.70. The van der Waals surface area contributed by atoms with Crippen LogP contribution in [0.4, 0.5) is 9.59 Å². The zero-order valence-electron chi connectivity index (χ0n) is 81.7. The molecule has 37 nitrogen and oxygen atoms in total. The van der Waals surface area contributed by atoms with E-state index in [1.807, 2.05) is 41.5 Å². The highest BCUT2D eigenvalue weighted by atomic mass is 79.9. The highest BCUT2D eigenvalue weighted by Gasteiger charge is 2.49. The zero-order valence-corrected chi connectivity index (χ0v) is 83.3. The lowest BCUT2D eigenvalue weighted by atomic mass is 9.79. The first-order valence-electron chi connectivity index (χ1n) is 45.4. The third-order valence-corrected chi connectivity index (χ3v) is 21.9. The number of amides is 9. The van der Waals surface area contributed by atoms with Gasteiger partial charge in [0.15, 0.2) is 5.01 Å². The van der Waals surface area contributed by atoms with E-state index in [2.05, 4.69) is 61.0 Å². The largest absolute Gasteiger partial charge is 0.478 e. The van der Waals surface area contributed by atoms with Gasteiger partial charge in [0.1, 0.15) is 35.1 Å². The molecule has 12 N–H and O–H groups in total.